The molecule has 3 aromatic rings. The first-order valence-electron chi connectivity index (χ1n) is 7.83. The van der Waals surface area contributed by atoms with E-state index < -0.39 is 18.2 Å². The number of aromatic nitrogens is 3. The van der Waals surface area contributed by atoms with Gasteiger partial charge in [0.25, 0.3) is 0 Å². The highest BCUT2D eigenvalue weighted by Gasteiger charge is 2.50. The lowest BCUT2D eigenvalue weighted by atomic mass is 9.87. The van der Waals surface area contributed by atoms with Crippen LogP contribution in [-0.2, 0) is 4.79 Å². The number of nitrogens with one attached hydrogen (secondary N) is 1. The molecule has 2 aromatic carbocycles. The molecule has 1 aliphatic heterocycles. The van der Waals surface area contributed by atoms with E-state index in [1.807, 2.05) is 30.3 Å². The van der Waals surface area contributed by atoms with E-state index in [1.165, 1.54) is 23.4 Å². The molecule has 1 fully saturated rings. The van der Waals surface area contributed by atoms with Gasteiger partial charge >= 0.3 is 0 Å². The van der Waals surface area contributed by atoms with Gasteiger partial charge in [-0.25, -0.2) is 9.49 Å². The highest BCUT2D eigenvalue weighted by atomic mass is 19.1. The van der Waals surface area contributed by atoms with Crippen LogP contribution in [0.15, 0.2) is 60.9 Å². The van der Waals surface area contributed by atoms with Crippen LogP contribution in [-0.4, -0.2) is 32.3 Å². The molecule has 6 nitrogen and oxygen atoms in total. The van der Waals surface area contributed by atoms with Crippen molar-refractivity contribution >= 4 is 11.7 Å². The minimum Gasteiger partial charge on any atom is -0.367 e. The smallest absolute Gasteiger partial charge is 0.224 e. The van der Waals surface area contributed by atoms with Gasteiger partial charge in [0, 0.05) is 0 Å². The zero-order chi connectivity index (χ0) is 17.4. The third-order valence-electron chi connectivity index (χ3n) is 4.46. The van der Waals surface area contributed by atoms with Crippen molar-refractivity contribution < 1.29 is 14.3 Å². The Hall–Kier alpha value is -3.06. The minimum absolute atomic E-state index is 0.305. The van der Waals surface area contributed by atoms with Gasteiger partial charge in [-0.15, -0.1) is 0 Å². The Kier molecular flexibility index (Phi) is 3.77. The molecule has 0 radical (unpaired) electrons. The van der Waals surface area contributed by atoms with Crippen LogP contribution in [0.1, 0.15) is 23.1 Å². The number of rotatable bonds is 3. The quantitative estimate of drug-likeness (QED) is 0.765. The molecule has 25 heavy (non-hydrogen) atoms. The summed E-state index contributed by atoms with van der Waals surface area (Å²) in [6.45, 7) is 0. The molecule has 1 aliphatic rings. The molecule has 3 atom stereocenters. The summed E-state index contributed by atoms with van der Waals surface area (Å²) in [4.78, 5) is 18.4. The van der Waals surface area contributed by atoms with Crippen molar-refractivity contribution in [2.45, 2.75) is 18.2 Å². The van der Waals surface area contributed by atoms with Crippen LogP contribution in [0.3, 0.4) is 0 Å². The maximum absolute atomic E-state index is 13.3. The molecule has 7 heteroatoms. The predicted molar refractivity (Wildman–Crippen MR) is 88.2 cm³/mol. The monoisotopic (exact) mass is 338 g/mol. The van der Waals surface area contributed by atoms with Crippen molar-refractivity contribution in [1.82, 2.24) is 15.2 Å². The number of aliphatic hydroxyl groups excluding tert-OH is 1. The average molecular weight is 338 g/mol. The number of benzene rings is 2. The minimum atomic E-state index is -1.37. The molecule has 0 bridgehead atoms. The van der Waals surface area contributed by atoms with Crippen molar-refractivity contribution in [3.05, 3.63) is 77.9 Å². The average Bonchev–Trinajstić information content (AvgIpc) is 3.24. The molecule has 3 unspecified atom stereocenters. The lowest BCUT2D eigenvalue weighted by Crippen LogP contribution is -2.35. The fourth-order valence-corrected chi connectivity index (χ4v) is 3.36. The van der Waals surface area contributed by atoms with Gasteiger partial charge in [-0.2, -0.15) is 10.1 Å². The summed E-state index contributed by atoms with van der Waals surface area (Å²) < 4.78 is 13.3. The highest BCUT2D eigenvalue weighted by Crippen LogP contribution is 2.45. The van der Waals surface area contributed by atoms with E-state index in [0.717, 1.165) is 5.56 Å². The summed E-state index contributed by atoms with van der Waals surface area (Å²) in [6.07, 6.45) is -0.0481. The van der Waals surface area contributed by atoms with E-state index in [-0.39, 0.29) is 11.6 Å². The van der Waals surface area contributed by atoms with Crippen LogP contribution in [0.25, 0.3) is 0 Å². The maximum atomic E-state index is 13.3. The van der Waals surface area contributed by atoms with E-state index >= 15 is 0 Å². The van der Waals surface area contributed by atoms with Crippen molar-refractivity contribution in [2.75, 3.05) is 4.90 Å². The number of nitrogens with zero attached hydrogens (tertiary/aromatic N) is 3. The van der Waals surface area contributed by atoms with Crippen molar-refractivity contribution in [1.29, 1.82) is 0 Å². The van der Waals surface area contributed by atoms with E-state index in [4.69, 9.17) is 0 Å². The summed E-state index contributed by atoms with van der Waals surface area (Å²) in [5.74, 6) is -1.09. The fraction of sp³-hybridized carbons (Fsp3) is 0.167. The van der Waals surface area contributed by atoms with E-state index in [0.29, 0.717) is 11.5 Å². The van der Waals surface area contributed by atoms with Crippen LogP contribution in [0.5, 0.6) is 0 Å². The summed E-state index contributed by atoms with van der Waals surface area (Å²) in [6, 6.07) is 14.7. The third-order valence-corrected chi connectivity index (χ3v) is 4.46. The van der Waals surface area contributed by atoms with Gasteiger partial charge < -0.3 is 10.0 Å². The van der Waals surface area contributed by atoms with Crippen LogP contribution in [0.4, 0.5) is 10.3 Å². The highest BCUT2D eigenvalue weighted by molar-refractivity contribution is 5.96. The number of aromatic amines is 1. The SMILES string of the molecule is O=C1C(c2ccc(F)cc2)C(c2ccccc2)N(c2ncn[nH]2)C1O. The number of hydrogen-bond donors (Lipinski definition) is 2. The van der Waals surface area contributed by atoms with Gasteiger partial charge in [0.05, 0.1) is 12.0 Å². The maximum Gasteiger partial charge on any atom is 0.224 e. The number of ketones is 1. The first-order valence-corrected chi connectivity index (χ1v) is 7.83. The second kappa shape index (κ2) is 6.10. The number of carbonyl (C=O) groups excluding carboxylic acids is 1. The van der Waals surface area contributed by atoms with Gasteiger partial charge in [0.15, 0.2) is 12.0 Å². The topological polar surface area (TPSA) is 82.1 Å². The number of anilines is 1. The molecule has 0 spiro atoms. The Morgan fingerprint density at radius 3 is 2.40 bits per heavy atom. The number of halogens is 1. The Balaban J connectivity index is 1.86. The fourth-order valence-electron chi connectivity index (χ4n) is 3.36. The molecular formula is C18H15FN4O2. The third kappa shape index (κ3) is 2.58. The van der Waals surface area contributed by atoms with Gasteiger partial charge in [-0.3, -0.25) is 4.79 Å². The first-order chi connectivity index (χ1) is 12.2. The van der Waals surface area contributed by atoms with E-state index in [9.17, 15) is 14.3 Å². The molecule has 1 saturated heterocycles. The molecule has 0 aliphatic carbocycles. The largest absolute Gasteiger partial charge is 0.367 e. The molecule has 2 heterocycles. The zero-order valence-electron chi connectivity index (χ0n) is 13.1. The van der Waals surface area contributed by atoms with Crippen LogP contribution < -0.4 is 4.90 Å². The van der Waals surface area contributed by atoms with Crippen LogP contribution >= 0.6 is 0 Å². The number of Topliss-reactive ketones (excluding diaryl/α,β-unsaturated/α-hetero) is 1. The standard InChI is InChI=1S/C18H15FN4O2/c19-13-8-6-11(7-9-13)14-15(12-4-2-1-3-5-12)23(17(25)16(14)24)18-20-10-21-22-18/h1-10,14-15,17,25H,(H,20,21,22). The van der Waals surface area contributed by atoms with E-state index in [1.54, 1.807) is 12.1 Å². The predicted octanol–water partition coefficient (Wildman–Crippen LogP) is 2.18. The normalized spacial score (nSPS) is 23.2. The summed E-state index contributed by atoms with van der Waals surface area (Å²) in [5.41, 5.74) is 1.49. The number of H-pyrrole nitrogens is 1. The number of aliphatic hydroxyl groups is 1. The molecule has 0 saturated carbocycles. The Labute approximate surface area is 142 Å². The van der Waals surface area contributed by atoms with Gasteiger partial charge in [-0.1, -0.05) is 42.5 Å². The number of hydrogen-bond acceptors (Lipinski definition) is 5. The molecule has 2 N–H and O–H groups in total. The Bertz CT molecular complexity index is 868. The molecule has 1 aromatic heterocycles. The summed E-state index contributed by atoms with van der Waals surface area (Å²) in [5, 5.41) is 17.1. The van der Waals surface area contributed by atoms with E-state index in [2.05, 4.69) is 15.2 Å². The van der Waals surface area contributed by atoms with Crippen molar-refractivity contribution in [2.24, 2.45) is 0 Å². The Morgan fingerprint density at radius 1 is 1.04 bits per heavy atom. The second-order valence-corrected chi connectivity index (χ2v) is 5.88. The van der Waals surface area contributed by atoms with Crippen molar-refractivity contribution in [3.8, 4) is 0 Å². The van der Waals surface area contributed by atoms with Gasteiger partial charge in [0.2, 0.25) is 5.95 Å². The summed E-state index contributed by atoms with van der Waals surface area (Å²) in [7, 11) is 0. The molecule has 0 amide bonds. The van der Waals surface area contributed by atoms with Crippen molar-refractivity contribution in [3.63, 3.8) is 0 Å². The molecule has 126 valence electrons. The van der Waals surface area contributed by atoms with Crippen LogP contribution in [0, 0.1) is 5.82 Å². The zero-order valence-corrected chi connectivity index (χ0v) is 13.1. The number of carbonyl (C=O) groups is 1. The second-order valence-electron chi connectivity index (χ2n) is 5.88. The summed E-state index contributed by atoms with van der Waals surface area (Å²) >= 11 is 0. The molecular weight excluding hydrogens is 323 g/mol. The lowest BCUT2D eigenvalue weighted by molar-refractivity contribution is -0.125. The van der Waals surface area contributed by atoms with Gasteiger partial charge in [0.1, 0.15) is 12.1 Å². The Morgan fingerprint density at radius 2 is 1.76 bits per heavy atom. The first kappa shape index (κ1) is 15.5. The molecule has 4 rings (SSSR count). The van der Waals surface area contributed by atoms with Crippen LogP contribution in [0.2, 0.25) is 0 Å². The lowest BCUT2D eigenvalue weighted by Gasteiger charge is -2.28. The van der Waals surface area contributed by atoms with Gasteiger partial charge in [-0.05, 0) is 23.3 Å².